The first-order valence-electron chi connectivity index (χ1n) is 8.05. The number of carbonyl (C=O) groups is 1. The van der Waals surface area contributed by atoms with Crippen LogP contribution in [0, 0.1) is 13.8 Å². The zero-order chi connectivity index (χ0) is 18.0. The van der Waals surface area contributed by atoms with E-state index in [9.17, 15) is 4.79 Å². The molecule has 0 bridgehead atoms. The molecule has 5 nitrogen and oxygen atoms in total. The Morgan fingerprint density at radius 3 is 2.68 bits per heavy atom. The molecule has 3 aromatic rings. The van der Waals surface area contributed by atoms with Crippen molar-refractivity contribution in [2.24, 2.45) is 0 Å². The molecule has 1 heterocycles. The first kappa shape index (κ1) is 17.4. The summed E-state index contributed by atoms with van der Waals surface area (Å²) in [5, 5.41) is 3.38. The highest BCUT2D eigenvalue weighted by Crippen LogP contribution is 2.28. The number of anilines is 1. The third-order valence-electron chi connectivity index (χ3n) is 3.89. The van der Waals surface area contributed by atoms with E-state index in [1.54, 1.807) is 7.11 Å². The van der Waals surface area contributed by atoms with E-state index in [2.05, 4.69) is 21.4 Å². The summed E-state index contributed by atoms with van der Waals surface area (Å²) in [6, 6.07) is 11.8. The Balaban J connectivity index is 1.72. The molecule has 6 heteroatoms. The maximum absolute atomic E-state index is 12.5. The molecule has 1 aromatic heterocycles. The van der Waals surface area contributed by atoms with E-state index >= 15 is 0 Å². The molecular weight excluding hydrogens is 334 g/mol. The van der Waals surface area contributed by atoms with Crippen molar-refractivity contribution in [2.45, 2.75) is 31.2 Å². The van der Waals surface area contributed by atoms with Gasteiger partial charge in [0.2, 0.25) is 5.91 Å². The predicted molar refractivity (Wildman–Crippen MR) is 103 cm³/mol. The fraction of sp³-hybridized carbons (Fsp3) is 0.263. The Labute approximate surface area is 151 Å². The summed E-state index contributed by atoms with van der Waals surface area (Å²) < 4.78 is 5.31. The second kappa shape index (κ2) is 7.19. The summed E-state index contributed by atoms with van der Waals surface area (Å²) in [7, 11) is 1.59. The van der Waals surface area contributed by atoms with Gasteiger partial charge in [-0.25, -0.2) is 4.98 Å². The highest BCUT2D eigenvalue weighted by Gasteiger charge is 2.18. The molecule has 1 amide bonds. The number of thioether (sulfide) groups is 1. The number of methoxy groups -OCH3 is 1. The van der Waals surface area contributed by atoms with Gasteiger partial charge in [0.05, 0.1) is 29.1 Å². The molecule has 0 saturated heterocycles. The highest BCUT2D eigenvalue weighted by molar-refractivity contribution is 8.00. The summed E-state index contributed by atoms with van der Waals surface area (Å²) in [6.45, 7) is 5.88. The van der Waals surface area contributed by atoms with Crippen molar-refractivity contribution in [3.05, 3.63) is 47.5 Å². The largest absolute Gasteiger partial charge is 0.495 e. The Morgan fingerprint density at radius 1 is 1.20 bits per heavy atom. The summed E-state index contributed by atoms with van der Waals surface area (Å²) in [5.74, 6) is 0.556. The standard InChI is InChI=1S/C19H21N3O2S/c1-11-5-7-14-15(9-11)22-19(21-14)25-13(3)18(23)20-16-10-12(2)6-8-17(16)24-4/h5-10,13H,1-4H3,(H,20,23)(H,21,22). The number of imidazole rings is 1. The van der Waals surface area contributed by atoms with Crippen LogP contribution in [0.5, 0.6) is 5.75 Å². The molecule has 0 aliphatic rings. The average molecular weight is 355 g/mol. The molecule has 2 N–H and O–H groups in total. The van der Waals surface area contributed by atoms with E-state index in [0.717, 1.165) is 21.8 Å². The predicted octanol–water partition coefficient (Wildman–Crippen LogP) is 4.31. The number of H-pyrrole nitrogens is 1. The lowest BCUT2D eigenvalue weighted by molar-refractivity contribution is -0.115. The molecule has 1 atom stereocenters. The maximum Gasteiger partial charge on any atom is 0.237 e. The zero-order valence-corrected chi connectivity index (χ0v) is 15.5. The summed E-state index contributed by atoms with van der Waals surface area (Å²) in [6.07, 6.45) is 0. The van der Waals surface area contributed by atoms with Crippen LogP contribution >= 0.6 is 11.8 Å². The van der Waals surface area contributed by atoms with Gasteiger partial charge in [0.1, 0.15) is 5.75 Å². The SMILES string of the molecule is COc1ccc(C)cc1NC(=O)C(C)Sc1nc2ccc(C)cc2[nH]1. The number of aryl methyl sites for hydroxylation is 2. The minimum Gasteiger partial charge on any atom is -0.495 e. The topological polar surface area (TPSA) is 67.0 Å². The number of nitrogens with zero attached hydrogens (tertiary/aromatic N) is 1. The molecule has 25 heavy (non-hydrogen) atoms. The first-order chi connectivity index (χ1) is 12.0. The van der Waals surface area contributed by atoms with E-state index in [1.807, 2.05) is 51.1 Å². The van der Waals surface area contributed by atoms with Crippen LogP contribution in [-0.2, 0) is 4.79 Å². The summed E-state index contributed by atoms with van der Waals surface area (Å²) >= 11 is 1.40. The van der Waals surface area contributed by atoms with Gasteiger partial charge in [-0.15, -0.1) is 0 Å². The van der Waals surface area contributed by atoms with Crippen LogP contribution in [0.15, 0.2) is 41.6 Å². The van der Waals surface area contributed by atoms with Crippen LogP contribution in [0.4, 0.5) is 5.69 Å². The lowest BCUT2D eigenvalue weighted by atomic mass is 10.2. The maximum atomic E-state index is 12.5. The van der Waals surface area contributed by atoms with E-state index in [0.29, 0.717) is 11.4 Å². The molecular formula is C19H21N3O2S. The van der Waals surface area contributed by atoms with Gasteiger partial charge in [0, 0.05) is 0 Å². The summed E-state index contributed by atoms with van der Waals surface area (Å²) in [4.78, 5) is 20.3. The number of fused-ring (bicyclic) bond motifs is 1. The number of hydrogen-bond donors (Lipinski definition) is 2. The molecule has 0 radical (unpaired) electrons. The average Bonchev–Trinajstić information content (AvgIpc) is 2.96. The fourth-order valence-electron chi connectivity index (χ4n) is 2.53. The monoisotopic (exact) mass is 355 g/mol. The van der Waals surface area contributed by atoms with Crippen LogP contribution in [0.2, 0.25) is 0 Å². The number of nitrogens with one attached hydrogen (secondary N) is 2. The van der Waals surface area contributed by atoms with Gasteiger partial charge in [0.15, 0.2) is 5.16 Å². The third-order valence-corrected chi connectivity index (χ3v) is 4.87. The summed E-state index contributed by atoms with van der Waals surface area (Å²) in [5.41, 5.74) is 4.80. The number of hydrogen-bond acceptors (Lipinski definition) is 4. The number of benzene rings is 2. The van der Waals surface area contributed by atoms with Gasteiger partial charge in [-0.05, 0) is 56.2 Å². The van der Waals surface area contributed by atoms with Gasteiger partial charge in [-0.2, -0.15) is 0 Å². The van der Waals surface area contributed by atoms with Gasteiger partial charge >= 0.3 is 0 Å². The van der Waals surface area contributed by atoms with Crippen molar-refractivity contribution in [3.63, 3.8) is 0 Å². The van der Waals surface area contributed by atoms with E-state index in [4.69, 9.17) is 4.74 Å². The van der Waals surface area contributed by atoms with Crippen LogP contribution in [-0.4, -0.2) is 28.2 Å². The van der Waals surface area contributed by atoms with E-state index < -0.39 is 0 Å². The van der Waals surface area contributed by atoms with Crippen LogP contribution in [0.3, 0.4) is 0 Å². The molecule has 0 spiro atoms. The number of amides is 1. The normalized spacial score (nSPS) is 12.2. The van der Waals surface area contributed by atoms with E-state index in [1.165, 1.54) is 17.3 Å². The fourth-order valence-corrected chi connectivity index (χ4v) is 3.35. The minimum absolute atomic E-state index is 0.0921. The van der Waals surface area contributed by atoms with Crippen molar-refractivity contribution in [1.82, 2.24) is 9.97 Å². The third kappa shape index (κ3) is 3.96. The lowest BCUT2D eigenvalue weighted by Crippen LogP contribution is -2.22. The second-order valence-corrected chi connectivity index (χ2v) is 7.35. The van der Waals surface area contributed by atoms with Crippen LogP contribution in [0.1, 0.15) is 18.1 Å². The smallest absolute Gasteiger partial charge is 0.237 e. The number of carbonyl (C=O) groups excluding carboxylic acids is 1. The van der Waals surface area contributed by atoms with Crippen LogP contribution in [0.25, 0.3) is 11.0 Å². The second-order valence-electron chi connectivity index (χ2n) is 6.02. The molecule has 0 aliphatic heterocycles. The molecule has 0 saturated carbocycles. The zero-order valence-electron chi connectivity index (χ0n) is 14.7. The van der Waals surface area contributed by atoms with Gasteiger partial charge in [-0.1, -0.05) is 23.9 Å². The number of aromatic amines is 1. The molecule has 3 rings (SSSR count). The van der Waals surface area contributed by atoms with E-state index in [-0.39, 0.29) is 11.2 Å². The molecule has 2 aromatic carbocycles. The molecule has 130 valence electrons. The Morgan fingerprint density at radius 2 is 1.92 bits per heavy atom. The minimum atomic E-state index is -0.299. The van der Waals surface area contributed by atoms with Crippen LogP contribution < -0.4 is 10.1 Å². The van der Waals surface area contributed by atoms with Crippen molar-refractivity contribution >= 4 is 34.4 Å². The first-order valence-corrected chi connectivity index (χ1v) is 8.93. The number of rotatable bonds is 5. The Hall–Kier alpha value is -2.47. The van der Waals surface area contributed by atoms with Gasteiger partial charge in [-0.3, -0.25) is 4.79 Å². The van der Waals surface area contributed by atoms with Crippen molar-refractivity contribution in [1.29, 1.82) is 0 Å². The van der Waals surface area contributed by atoms with Crippen molar-refractivity contribution in [2.75, 3.05) is 12.4 Å². The number of ether oxygens (including phenoxy) is 1. The Kier molecular flexibility index (Phi) is 4.99. The van der Waals surface area contributed by atoms with Gasteiger partial charge in [0.25, 0.3) is 0 Å². The highest BCUT2D eigenvalue weighted by atomic mass is 32.2. The van der Waals surface area contributed by atoms with Gasteiger partial charge < -0.3 is 15.0 Å². The molecule has 0 aliphatic carbocycles. The quantitative estimate of drug-likeness (QED) is 0.669. The molecule has 1 unspecified atom stereocenters. The molecule has 0 fully saturated rings. The van der Waals surface area contributed by atoms with Crippen molar-refractivity contribution in [3.8, 4) is 5.75 Å². The number of aromatic nitrogens is 2. The Bertz CT molecular complexity index is 920. The lowest BCUT2D eigenvalue weighted by Gasteiger charge is -2.14. The van der Waals surface area contributed by atoms with Crippen molar-refractivity contribution < 1.29 is 9.53 Å².